The van der Waals surface area contributed by atoms with Crippen molar-refractivity contribution in [2.24, 2.45) is 11.5 Å². The average Bonchev–Trinajstić information content (AvgIpc) is 3.02. The van der Waals surface area contributed by atoms with Crippen molar-refractivity contribution in [3.05, 3.63) is 65.2 Å². The van der Waals surface area contributed by atoms with Crippen LogP contribution in [0.15, 0.2) is 48.5 Å². The lowest BCUT2D eigenvalue weighted by atomic mass is 9.96. The first kappa shape index (κ1) is 37.1. The Morgan fingerprint density at radius 2 is 1.39 bits per heavy atom. The van der Waals surface area contributed by atoms with Crippen molar-refractivity contribution in [3.8, 4) is 0 Å². The van der Waals surface area contributed by atoms with Crippen LogP contribution < -0.4 is 32.3 Å². The average molecular weight is 569 g/mol. The molecular formula is C32H52N6O3. The number of amides is 3. The maximum atomic E-state index is 13.4. The zero-order chi connectivity index (χ0) is 31.2. The first-order chi connectivity index (χ1) is 20.0. The minimum atomic E-state index is -0.178. The van der Waals surface area contributed by atoms with Crippen LogP contribution in [-0.4, -0.2) is 44.4 Å². The van der Waals surface area contributed by atoms with Crippen molar-refractivity contribution in [3.63, 3.8) is 0 Å². The fourth-order valence-electron chi connectivity index (χ4n) is 4.05. The Hall–Kier alpha value is -3.85. The van der Waals surface area contributed by atoms with Gasteiger partial charge in [-0.15, -0.1) is 0 Å². The van der Waals surface area contributed by atoms with E-state index in [1.54, 1.807) is 11.9 Å². The molecule has 0 spiro atoms. The van der Waals surface area contributed by atoms with Crippen LogP contribution >= 0.6 is 0 Å². The minimum Gasteiger partial charge on any atom is -0.396 e. The predicted octanol–water partition coefficient (Wildman–Crippen LogP) is 4.37. The van der Waals surface area contributed by atoms with Gasteiger partial charge >= 0.3 is 0 Å². The molecule has 1 aliphatic heterocycles. The van der Waals surface area contributed by atoms with E-state index < -0.39 is 0 Å². The quantitative estimate of drug-likeness (QED) is 0.288. The molecule has 1 heterocycles. The summed E-state index contributed by atoms with van der Waals surface area (Å²) < 4.78 is 0. The van der Waals surface area contributed by atoms with E-state index in [2.05, 4.69) is 16.0 Å². The van der Waals surface area contributed by atoms with Crippen LogP contribution in [0.2, 0.25) is 0 Å². The number of nitrogens with zero attached hydrogens (tertiary/aromatic N) is 1. The summed E-state index contributed by atoms with van der Waals surface area (Å²) in [4.78, 5) is 38.5. The summed E-state index contributed by atoms with van der Waals surface area (Å²) in [5.74, 6) is -0.397. The molecule has 9 heteroatoms. The van der Waals surface area contributed by atoms with E-state index in [0.717, 1.165) is 22.4 Å². The van der Waals surface area contributed by atoms with Crippen LogP contribution in [0.3, 0.4) is 0 Å². The molecule has 7 N–H and O–H groups in total. The summed E-state index contributed by atoms with van der Waals surface area (Å²) in [6, 6.07) is 15.4. The number of carbonyl (C=O) groups is 3. The largest absolute Gasteiger partial charge is 0.396 e. The molecule has 2 aromatic carbocycles. The highest BCUT2D eigenvalue weighted by atomic mass is 16.2. The van der Waals surface area contributed by atoms with Crippen molar-refractivity contribution in [2.75, 3.05) is 31.6 Å². The monoisotopic (exact) mass is 568 g/mol. The summed E-state index contributed by atoms with van der Waals surface area (Å²) in [5.41, 5.74) is 17.1. The molecule has 0 atom stereocenters. The summed E-state index contributed by atoms with van der Waals surface area (Å²) in [7, 11) is 1.57. The fourth-order valence-corrected chi connectivity index (χ4v) is 4.05. The van der Waals surface area contributed by atoms with Crippen LogP contribution in [0.1, 0.15) is 83.9 Å². The lowest BCUT2D eigenvalue weighted by molar-refractivity contribution is -0.122. The van der Waals surface area contributed by atoms with Crippen molar-refractivity contribution in [1.29, 1.82) is 0 Å². The Labute approximate surface area is 247 Å². The van der Waals surface area contributed by atoms with Gasteiger partial charge in [0.05, 0.1) is 23.6 Å². The molecule has 2 aromatic rings. The number of hydrogen-bond donors (Lipinski definition) is 5. The molecule has 0 aliphatic carbocycles. The van der Waals surface area contributed by atoms with Crippen LogP contribution in [0.4, 0.5) is 5.69 Å². The van der Waals surface area contributed by atoms with Gasteiger partial charge in [0.15, 0.2) is 0 Å². The Kier molecular flexibility index (Phi) is 19.9. The standard InChI is InChI=1S/C26H34N6O3.3C2H6/c1-29-22(33)11-6-12-23(34)30-15-13-24(35)32-17-18-7-2-3-8-19(18)26(31-16-14-27)25(28)20-9-4-5-10-21(20)32;3*1-2/h2-5,7-10,31H,6,11-17,27-28H2,1H3,(H,29,33)(H,30,34);3*1-2H3/b26-25-;;;. The third-order valence-electron chi connectivity index (χ3n) is 5.86. The Balaban J connectivity index is 0.00000250. The van der Waals surface area contributed by atoms with Crippen molar-refractivity contribution >= 4 is 34.8 Å². The first-order valence-corrected chi connectivity index (χ1v) is 14.8. The van der Waals surface area contributed by atoms with Gasteiger partial charge in [0.2, 0.25) is 17.7 Å². The molecule has 0 fully saturated rings. The number of para-hydroxylation sites is 1. The van der Waals surface area contributed by atoms with Gasteiger partial charge in [-0.05, 0) is 18.1 Å². The topological polar surface area (TPSA) is 143 Å². The number of hydrogen-bond acceptors (Lipinski definition) is 6. The van der Waals surface area contributed by atoms with Crippen molar-refractivity contribution in [2.45, 2.75) is 73.8 Å². The second-order valence-electron chi connectivity index (χ2n) is 8.28. The van der Waals surface area contributed by atoms with Gasteiger partial charge in [-0.25, -0.2) is 0 Å². The second kappa shape index (κ2) is 21.9. The van der Waals surface area contributed by atoms with Crippen LogP contribution in [0.25, 0.3) is 11.4 Å². The highest BCUT2D eigenvalue weighted by Gasteiger charge is 2.25. The van der Waals surface area contributed by atoms with E-state index in [1.807, 2.05) is 90.1 Å². The van der Waals surface area contributed by atoms with E-state index in [-0.39, 0.29) is 37.1 Å². The molecule has 228 valence electrons. The molecule has 3 rings (SSSR count). The minimum absolute atomic E-state index is 0.0984. The molecule has 9 nitrogen and oxygen atoms in total. The highest BCUT2D eigenvalue weighted by molar-refractivity contribution is 6.01. The lowest BCUT2D eigenvalue weighted by Gasteiger charge is -2.30. The third-order valence-corrected chi connectivity index (χ3v) is 5.86. The number of nitrogens with one attached hydrogen (secondary N) is 3. The van der Waals surface area contributed by atoms with Crippen molar-refractivity contribution < 1.29 is 14.4 Å². The van der Waals surface area contributed by atoms with Gasteiger partial charge in [0, 0.05) is 57.1 Å². The Morgan fingerprint density at radius 3 is 2.02 bits per heavy atom. The molecule has 0 radical (unpaired) electrons. The molecule has 0 saturated heterocycles. The van der Waals surface area contributed by atoms with Gasteiger partial charge in [0.1, 0.15) is 0 Å². The van der Waals surface area contributed by atoms with E-state index in [9.17, 15) is 14.4 Å². The number of rotatable bonds is 10. The van der Waals surface area contributed by atoms with E-state index in [4.69, 9.17) is 11.5 Å². The molecule has 0 bridgehead atoms. The van der Waals surface area contributed by atoms with Crippen LogP contribution in [0, 0.1) is 0 Å². The molecule has 41 heavy (non-hydrogen) atoms. The van der Waals surface area contributed by atoms with Gasteiger partial charge in [0.25, 0.3) is 0 Å². The zero-order valence-corrected chi connectivity index (χ0v) is 26.1. The highest BCUT2D eigenvalue weighted by Crippen LogP contribution is 2.34. The summed E-state index contributed by atoms with van der Waals surface area (Å²) in [5, 5.41) is 8.67. The Morgan fingerprint density at radius 1 is 0.805 bits per heavy atom. The smallest absolute Gasteiger partial charge is 0.229 e. The normalized spacial score (nSPS) is 13.0. The second-order valence-corrected chi connectivity index (χ2v) is 8.28. The molecule has 0 aromatic heterocycles. The van der Waals surface area contributed by atoms with Crippen molar-refractivity contribution in [1.82, 2.24) is 16.0 Å². The molecular weight excluding hydrogens is 516 g/mol. The van der Waals surface area contributed by atoms with Gasteiger partial charge in [-0.2, -0.15) is 0 Å². The number of anilines is 1. The number of benzene rings is 2. The number of nitrogens with two attached hydrogens (primary N) is 2. The van der Waals surface area contributed by atoms with E-state index in [1.165, 1.54) is 0 Å². The van der Waals surface area contributed by atoms with Gasteiger partial charge in [-0.1, -0.05) is 84.0 Å². The van der Waals surface area contributed by atoms with E-state index >= 15 is 0 Å². The van der Waals surface area contributed by atoms with Gasteiger partial charge in [-0.3, -0.25) is 14.4 Å². The maximum absolute atomic E-state index is 13.4. The number of fused-ring (bicyclic) bond motifs is 2. The van der Waals surface area contributed by atoms with Crippen LogP contribution in [0.5, 0.6) is 0 Å². The molecule has 0 saturated carbocycles. The first-order valence-electron chi connectivity index (χ1n) is 14.8. The fraction of sp³-hybridized carbons (Fsp3) is 0.469. The lowest BCUT2D eigenvalue weighted by Crippen LogP contribution is -2.36. The molecule has 0 unspecified atom stereocenters. The van der Waals surface area contributed by atoms with E-state index in [0.29, 0.717) is 43.9 Å². The predicted molar refractivity (Wildman–Crippen MR) is 172 cm³/mol. The Bertz CT molecular complexity index is 1100. The molecule has 1 aliphatic rings. The molecule has 3 amide bonds. The number of carbonyl (C=O) groups excluding carboxylic acids is 3. The maximum Gasteiger partial charge on any atom is 0.229 e. The zero-order valence-electron chi connectivity index (χ0n) is 26.1. The van der Waals surface area contributed by atoms with Gasteiger partial charge < -0.3 is 32.3 Å². The SMILES string of the molecule is CC.CC.CC.CNC(=O)CCCC(=O)NCCC(=O)N1Cc2ccccc2/C(NCCN)=C(/N)c2ccccc21. The summed E-state index contributed by atoms with van der Waals surface area (Å²) in [6.45, 7) is 13.6. The third kappa shape index (κ3) is 11.7. The summed E-state index contributed by atoms with van der Waals surface area (Å²) >= 11 is 0. The summed E-state index contributed by atoms with van der Waals surface area (Å²) in [6.07, 6.45) is 1.13. The van der Waals surface area contributed by atoms with Crippen LogP contribution in [-0.2, 0) is 20.9 Å².